The van der Waals surface area contributed by atoms with Crippen LogP contribution in [0.3, 0.4) is 0 Å². The second-order valence-electron chi connectivity index (χ2n) is 11.4. The first kappa shape index (κ1) is 18.9. The molecule has 0 amide bonds. The van der Waals surface area contributed by atoms with Crippen LogP contribution in [0.1, 0.15) is 67.2 Å². The van der Waals surface area contributed by atoms with Crippen LogP contribution in [0.15, 0.2) is 0 Å². The van der Waals surface area contributed by atoms with Crippen molar-refractivity contribution in [2.45, 2.75) is 85.2 Å². The van der Waals surface area contributed by atoms with Gasteiger partial charge in [0.2, 0.25) is 0 Å². The number of ketones is 3. The Morgan fingerprint density at radius 2 is 1.68 bits per heavy atom. The number of Topliss-reactive ketones (excluding diaryl/α,β-unsaturated/α-hetero) is 3. The van der Waals surface area contributed by atoms with E-state index in [2.05, 4.69) is 13.8 Å². The molecular weight excluding hydrogens is 356 g/mol. The minimum absolute atomic E-state index is 0.0284. The molecule has 1 spiro atoms. The first-order chi connectivity index (χ1) is 12.9. The highest BCUT2D eigenvalue weighted by molar-refractivity contribution is 6.04. The van der Waals surface area contributed by atoms with E-state index < -0.39 is 22.5 Å². The van der Waals surface area contributed by atoms with Gasteiger partial charge in [-0.05, 0) is 38.0 Å². The third kappa shape index (κ3) is 1.89. The van der Waals surface area contributed by atoms with E-state index in [-0.39, 0.29) is 52.7 Å². The molecule has 8 unspecified atom stereocenters. The van der Waals surface area contributed by atoms with Crippen LogP contribution in [0.2, 0.25) is 0 Å². The number of carbonyl (C=O) groups excluding carboxylic acids is 3. The zero-order valence-electron chi connectivity index (χ0n) is 17.8. The first-order valence-electron chi connectivity index (χ1n) is 10.8. The molecule has 0 aromatic rings. The number of carbonyl (C=O) groups is 3. The summed E-state index contributed by atoms with van der Waals surface area (Å²) < 4.78 is 12.8. The highest BCUT2D eigenvalue weighted by Gasteiger charge is 2.81. The number of fused-ring (bicyclic) bond motifs is 2. The molecule has 154 valence electrons. The maximum Gasteiger partial charge on any atom is 0.163 e. The molecule has 0 radical (unpaired) electrons. The van der Waals surface area contributed by atoms with Gasteiger partial charge < -0.3 is 9.47 Å². The van der Waals surface area contributed by atoms with E-state index in [1.807, 2.05) is 27.7 Å². The molecule has 1 saturated heterocycles. The standard InChI is InChI=1S/C23H32O5/c1-11-12-9-13(24)17-22(6)14(20(2,3)8-7-15(22)25)10-16-23(17,18(11)26)19(12)28-21(4,5)27-16/h11-12,14,16-17,19H,7-10H2,1-6H3. The van der Waals surface area contributed by atoms with Gasteiger partial charge in [-0.15, -0.1) is 0 Å². The van der Waals surface area contributed by atoms with E-state index in [1.165, 1.54) is 0 Å². The lowest BCUT2D eigenvalue weighted by Crippen LogP contribution is -2.75. The van der Waals surface area contributed by atoms with Crippen molar-refractivity contribution in [2.24, 2.45) is 39.9 Å². The lowest BCUT2D eigenvalue weighted by molar-refractivity contribution is -0.370. The van der Waals surface area contributed by atoms with Crippen LogP contribution < -0.4 is 0 Å². The summed E-state index contributed by atoms with van der Waals surface area (Å²) in [4.78, 5) is 40.7. The highest BCUT2D eigenvalue weighted by atomic mass is 16.7. The second kappa shape index (κ2) is 5.15. The lowest BCUT2D eigenvalue weighted by atomic mass is 9.39. The topological polar surface area (TPSA) is 69.7 Å². The van der Waals surface area contributed by atoms with Crippen LogP contribution in [-0.2, 0) is 23.9 Å². The smallest absolute Gasteiger partial charge is 0.163 e. The molecule has 1 aliphatic heterocycles. The highest BCUT2D eigenvalue weighted by Crippen LogP contribution is 2.72. The van der Waals surface area contributed by atoms with Crippen molar-refractivity contribution in [3.05, 3.63) is 0 Å². The summed E-state index contributed by atoms with van der Waals surface area (Å²) in [5, 5.41) is 0. The minimum atomic E-state index is -0.997. The fourth-order valence-corrected chi connectivity index (χ4v) is 8.14. The van der Waals surface area contributed by atoms with Gasteiger partial charge in [-0.25, -0.2) is 0 Å². The zero-order valence-corrected chi connectivity index (χ0v) is 17.8. The molecule has 4 aliphatic carbocycles. The zero-order chi connectivity index (χ0) is 20.4. The molecule has 0 aromatic carbocycles. The molecule has 2 bridgehead atoms. The van der Waals surface area contributed by atoms with Gasteiger partial charge >= 0.3 is 0 Å². The SMILES string of the molecule is CC1C(=O)C23C4CC5C(C)(C)CCC(=O)C5(C)C2C(=O)CC1C3OC(C)(C)O4. The Kier molecular flexibility index (Phi) is 3.48. The average molecular weight is 389 g/mol. The molecule has 0 N–H and O–H groups in total. The van der Waals surface area contributed by atoms with Crippen LogP contribution in [-0.4, -0.2) is 35.3 Å². The number of hydrogen-bond donors (Lipinski definition) is 0. The predicted molar refractivity (Wildman–Crippen MR) is 101 cm³/mol. The first-order valence-corrected chi connectivity index (χ1v) is 10.8. The molecule has 5 rings (SSSR count). The van der Waals surface area contributed by atoms with E-state index >= 15 is 0 Å². The molecule has 1 heterocycles. The Hall–Kier alpha value is -1.07. The molecule has 5 aliphatic rings. The predicted octanol–water partition coefficient (Wildman–Crippen LogP) is 3.33. The van der Waals surface area contributed by atoms with E-state index in [0.29, 0.717) is 19.3 Å². The van der Waals surface area contributed by atoms with E-state index in [0.717, 1.165) is 6.42 Å². The maximum absolute atomic E-state index is 13.8. The van der Waals surface area contributed by atoms with Gasteiger partial charge in [0, 0.05) is 36.0 Å². The monoisotopic (exact) mass is 388 g/mol. The van der Waals surface area contributed by atoms with E-state index in [9.17, 15) is 14.4 Å². The van der Waals surface area contributed by atoms with Gasteiger partial charge in [-0.2, -0.15) is 0 Å². The number of rotatable bonds is 0. The van der Waals surface area contributed by atoms with Gasteiger partial charge in [-0.3, -0.25) is 14.4 Å². The Labute approximate surface area is 166 Å². The second-order valence-corrected chi connectivity index (χ2v) is 11.4. The van der Waals surface area contributed by atoms with Gasteiger partial charge in [-0.1, -0.05) is 27.7 Å². The fourth-order valence-electron chi connectivity index (χ4n) is 8.14. The van der Waals surface area contributed by atoms with Crippen molar-refractivity contribution in [3.8, 4) is 0 Å². The van der Waals surface area contributed by atoms with Crippen molar-refractivity contribution < 1.29 is 23.9 Å². The molecule has 28 heavy (non-hydrogen) atoms. The van der Waals surface area contributed by atoms with E-state index in [4.69, 9.17) is 9.47 Å². The Balaban J connectivity index is 1.78. The normalized spacial score (nSPS) is 53.6. The van der Waals surface area contributed by atoms with Crippen molar-refractivity contribution in [1.29, 1.82) is 0 Å². The van der Waals surface area contributed by atoms with Gasteiger partial charge in [0.1, 0.15) is 17.3 Å². The molecule has 5 nitrogen and oxygen atoms in total. The molecule has 8 atom stereocenters. The largest absolute Gasteiger partial charge is 0.346 e. The molecule has 5 fully saturated rings. The summed E-state index contributed by atoms with van der Waals surface area (Å²) in [6, 6.07) is 0. The average Bonchev–Trinajstić information content (AvgIpc) is 2.72. The fraction of sp³-hybridized carbons (Fsp3) is 0.870. The van der Waals surface area contributed by atoms with Gasteiger partial charge in [0.15, 0.2) is 5.79 Å². The Bertz CT molecular complexity index is 797. The van der Waals surface area contributed by atoms with Crippen LogP contribution >= 0.6 is 0 Å². The van der Waals surface area contributed by atoms with Gasteiger partial charge in [0.05, 0.1) is 17.6 Å². The van der Waals surface area contributed by atoms with Gasteiger partial charge in [0.25, 0.3) is 0 Å². The summed E-state index contributed by atoms with van der Waals surface area (Å²) in [5.74, 6) is -1.39. The Morgan fingerprint density at radius 3 is 2.36 bits per heavy atom. The number of ether oxygens (including phenoxy) is 2. The maximum atomic E-state index is 13.8. The van der Waals surface area contributed by atoms with Crippen molar-refractivity contribution in [1.82, 2.24) is 0 Å². The quantitative estimate of drug-likeness (QED) is 0.637. The third-order valence-corrected chi connectivity index (χ3v) is 9.26. The van der Waals surface area contributed by atoms with E-state index in [1.54, 1.807) is 0 Å². The van der Waals surface area contributed by atoms with Crippen LogP contribution in [0.25, 0.3) is 0 Å². The lowest BCUT2D eigenvalue weighted by Gasteiger charge is -2.67. The summed E-state index contributed by atoms with van der Waals surface area (Å²) in [6.07, 6.45) is 1.59. The van der Waals surface area contributed by atoms with Crippen LogP contribution in [0.4, 0.5) is 0 Å². The Morgan fingerprint density at radius 1 is 1.00 bits per heavy atom. The summed E-state index contributed by atoms with van der Waals surface area (Å²) in [6.45, 7) is 12.1. The van der Waals surface area contributed by atoms with Crippen molar-refractivity contribution >= 4 is 17.3 Å². The molecule has 5 heteroatoms. The van der Waals surface area contributed by atoms with Crippen molar-refractivity contribution in [3.63, 3.8) is 0 Å². The molecular formula is C23H32O5. The minimum Gasteiger partial charge on any atom is -0.346 e. The van der Waals surface area contributed by atoms with Crippen LogP contribution in [0, 0.1) is 39.9 Å². The molecule has 4 saturated carbocycles. The summed E-state index contributed by atoms with van der Waals surface area (Å²) >= 11 is 0. The molecule has 0 aromatic heterocycles. The van der Waals surface area contributed by atoms with Crippen molar-refractivity contribution in [2.75, 3.05) is 0 Å². The number of hydrogen-bond acceptors (Lipinski definition) is 5. The third-order valence-electron chi connectivity index (χ3n) is 9.26. The van der Waals surface area contributed by atoms with Crippen LogP contribution in [0.5, 0.6) is 0 Å². The summed E-state index contributed by atoms with van der Waals surface area (Å²) in [7, 11) is 0. The summed E-state index contributed by atoms with van der Waals surface area (Å²) in [5.41, 5.74) is -1.88.